The summed E-state index contributed by atoms with van der Waals surface area (Å²) in [5.41, 5.74) is 0.726. The van der Waals surface area contributed by atoms with Crippen molar-refractivity contribution in [1.29, 1.82) is 0 Å². The Bertz CT molecular complexity index is 365. The minimum atomic E-state index is -0.492. The molecule has 0 radical (unpaired) electrons. The minimum Gasteiger partial charge on any atom is -0.307 e. The van der Waals surface area contributed by atoms with Crippen LogP contribution < -0.4 is 4.90 Å². The molecule has 1 fully saturated rings. The predicted octanol–water partition coefficient (Wildman–Crippen LogP) is 2.80. The lowest BCUT2D eigenvalue weighted by Gasteiger charge is -2.22. The zero-order valence-electron chi connectivity index (χ0n) is 8.12. The molecule has 0 bridgehead atoms. The first-order valence-electron chi connectivity index (χ1n) is 4.86. The van der Waals surface area contributed by atoms with Gasteiger partial charge in [0.2, 0.25) is 5.91 Å². The highest BCUT2D eigenvalue weighted by Gasteiger charge is 2.31. The predicted molar refractivity (Wildman–Crippen MR) is 57.9 cm³/mol. The van der Waals surface area contributed by atoms with Crippen LogP contribution in [0.15, 0.2) is 24.3 Å². The molecule has 1 atom stereocenters. The number of nitrogens with zero attached hydrogens (tertiary/aromatic N) is 1. The zero-order chi connectivity index (χ0) is 10.8. The van der Waals surface area contributed by atoms with Gasteiger partial charge in [-0.25, -0.2) is 4.39 Å². The van der Waals surface area contributed by atoms with E-state index in [4.69, 9.17) is 11.6 Å². The Morgan fingerprint density at radius 1 is 1.40 bits per heavy atom. The van der Waals surface area contributed by atoms with Crippen molar-refractivity contribution in [2.24, 2.45) is 0 Å². The summed E-state index contributed by atoms with van der Waals surface area (Å²) in [6.07, 6.45) is 1.02. The molecule has 1 aliphatic rings. The van der Waals surface area contributed by atoms with Crippen molar-refractivity contribution in [3.05, 3.63) is 29.3 Å². The van der Waals surface area contributed by atoms with Crippen LogP contribution >= 0.6 is 11.6 Å². The molecule has 0 unspecified atom stereocenters. The van der Waals surface area contributed by atoms with Gasteiger partial charge in [-0.15, -0.1) is 0 Å². The van der Waals surface area contributed by atoms with Crippen molar-refractivity contribution in [3.8, 4) is 0 Å². The Morgan fingerprint density at radius 3 is 2.67 bits per heavy atom. The molecule has 80 valence electrons. The summed E-state index contributed by atoms with van der Waals surface area (Å²) >= 11 is 5.75. The van der Waals surface area contributed by atoms with Gasteiger partial charge in [-0.3, -0.25) is 4.79 Å². The van der Waals surface area contributed by atoms with Crippen LogP contribution in [0.4, 0.5) is 10.1 Å². The number of carbonyl (C=O) groups is 1. The van der Waals surface area contributed by atoms with Gasteiger partial charge in [-0.2, -0.15) is 0 Å². The second-order valence-electron chi connectivity index (χ2n) is 3.59. The summed E-state index contributed by atoms with van der Waals surface area (Å²) in [6, 6.07) is 6.59. The van der Waals surface area contributed by atoms with Gasteiger partial charge in [-0.05, 0) is 30.7 Å². The number of alkyl halides is 1. The Balaban J connectivity index is 2.28. The summed E-state index contributed by atoms with van der Waals surface area (Å²) in [5.74, 6) is -0.0139. The van der Waals surface area contributed by atoms with Gasteiger partial charge in [0.1, 0.15) is 6.67 Å². The lowest BCUT2D eigenvalue weighted by atomic mass is 10.2. The van der Waals surface area contributed by atoms with Crippen LogP contribution in [0, 0.1) is 0 Å². The van der Waals surface area contributed by atoms with E-state index in [1.54, 1.807) is 24.3 Å². The molecule has 0 aromatic heterocycles. The largest absolute Gasteiger partial charge is 0.307 e. The molecule has 2 rings (SSSR count). The summed E-state index contributed by atoms with van der Waals surface area (Å²) in [4.78, 5) is 13.1. The van der Waals surface area contributed by atoms with E-state index < -0.39 is 6.67 Å². The van der Waals surface area contributed by atoms with Gasteiger partial charge in [0.15, 0.2) is 0 Å². The minimum absolute atomic E-state index is 0.0139. The van der Waals surface area contributed by atoms with Gasteiger partial charge in [0.05, 0.1) is 6.04 Å². The second kappa shape index (κ2) is 4.19. The average molecular weight is 228 g/mol. The van der Waals surface area contributed by atoms with Crippen molar-refractivity contribution in [2.75, 3.05) is 11.6 Å². The van der Waals surface area contributed by atoms with E-state index in [-0.39, 0.29) is 11.9 Å². The summed E-state index contributed by atoms with van der Waals surface area (Å²) in [5, 5.41) is 0.613. The lowest BCUT2D eigenvalue weighted by molar-refractivity contribution is -0.117. The van der Waals surface area contributed by atoms with Crippen molar-refractivity contribution in [1.82, 2.24) is 0 Å². The van der Waals surface area contributed by atoms with E-state index in [0.717, 1.165) is 5.69 Å². The van der Waals surface area contributed by atoms with E-state index >= 15 is 0 Å². The second-order valence-corrected chi connectivity index (χ2v) is 4.02. The molecule has 1 aromatic rings. The number of amides is 1. The van der Waals surface area contributed by atoms with Gasteiger partial charge >= 0.3 is 0 Å². The monoisotopic (exact) mass is 227 g/mol. The summed E-state index contributed by atoms with van der Waals surface area (Å²) in [6.45, 7) is -0.492. The Labute approximate surface area is 92.6 Å². The van der Waals surface area contributed by atoms with E-state index in [1.807, 2.05) is 0 Å². The maximum absolute atomic E-state index is 12.7. The fourth-order valence-electron chi connectivity index (χ4n) is 1.85. The highest BCUT2D eigenvalue weighted by Crippen LogP contribution is 2.27. The highest BCUT2D eigenvalue weighted by molar-refractivity contribution is 6.30. The van der Waals surface area contributed by atoms with Crippen LogP contribution in [0.25, 0.3) is 0 Å². The van der Waals surface area contributed by atoms with Crippen molar-refractivity contribution >= 4 is 23.2 Å². The first-order valence-corrected chi connectivity index (χ1v) is 5.24. The molecular formula is C11H11ClFNO. The maximum Gasteiger partial charge on any atom is 0.227 e. The van der Waals surface area contributed by atoms with Crippen LogP contribution in [0.5, 0.6) is 0 Å². The van der Waals surface area contributed by atoms with Crippen LogP contribution in [-0.2, 0) is 4.79 Å². The van der Waals surface area contributed by atoms with Gasteiger partial charge in [-0.1, -0.05) is 11.6 Å². The Hall–Kier alpha value is -1.09. The van der Waals surface area contributed by atoms with Crippen molar-refractivity contribution in [2.45, 2.75) is 18.9 Å². The molecule has 0 aliphatic carbocycles. The maximum atomic E-state index is 12.7. The van der Waals surface area contributed by atoms with Gasteiger partial charge < -0.3 is 4.90 Å². The zero-order valence-corrected chi connectivity index (χ0v) is 8.88. The molecule has 1 heterocycles. The van der Waals surface area contributed by atoms with E-state index in [2.05, 4.69) is 0 Å². The van der Waals surface area contributed by atoms with Gasteiger partial charge in [0, 0.05) is 17.1 Å². The number of halogens is 2. The number of hydrogen-bond donors (Lipinski definition) is 0. The Kier molecular flexibility index (Phi) is 2.91. The Morgan fingerprint density at radius 2 is 2.07 bits per heavy atom. The van der Waals surface area contributed by atoms with E-state index in [9.17, 15) is 9.18 Å². The summed E-state index contributed by atoms with van der Waals surface area (Å²) in [7, 11) is 0. The molecule has 1 aromatic carbocycles. The van der Waals surface area contributed by atoms with Crippen LogP contribution in [0.1, 0.15) is 12.8 Å². The van der Waals surface area contributed by atoms with Crippen molar-refractivity contribution in [3.63, 3.8) is 0 Å². The molecule has 4 heteroatoms. The topological polar surface area (TPSA) is 20.3 Å². The number of anilines is 1. The number of carbonyl (C=O) groups excluding carboxylic acids is 1. The quantitative estimate of drug-likeness (QED) is 0.761. The average Bonchev–Trinajstić information content (AvgIpc) is 2.61. The molecule has 2 nitrogen and oxygen atoms in total. The van der Waals surface area contributed by atoms with Crippen LogP contribution in [-0.4, -0.2) is 18.6 Å². The highest BCUT2D eigenvalue weighted by atomic mass is 35.5. The molecule has 0 N–H and O–H groups in total. The first kappa shape index (κ1) is 10.4. The molecule has 15 heavy (non-hydrogen) atoms. The van der Waals surface area contributed by atoms with E-state index in [1.165, 1.54) is 4.90 Å². The molecular weight excluding hydrogens is 217 g/mol. The summed E-state index contributed by atoms with van der Waals surface area (Å²) < 4.78 is 12.7. The number of benzene rings is 1. The molecule has 1 saturated heterocycles. The fraction of sp³-hybridized carbons (Fsp3) is 0.364. The SMILES string of the molecule is O=C1CC[C@@H](CF)N1c1ccc(Cl)cc1. The normalized spacial score (nSPS) is 21.1. The van der Waals surface area contributed by atoms with Crippen LogP contribution in [0.2, 0.25) is 5.02 Å². The smallest absolute Gasteiger partial charge is 0.227 e. The third-order valence-corrected chi connectivity index (χ3v) is 2.86. The molecule has 0 spiro atoms. The van der Waals surface area contributed by atoms with Crippen LogP contribution in [0.3, 0.4) is 0 Å². The first-order chi connectivity index (χ1) is 7.22. The van der Waals surface area contributed by atoms with Gasteiger partial charge in [0.25, 0.3) is 0 Å². The fourth-order valence-corrected chi connectivity index (χ4v) is 1.97. The number of rotatable bonds is 2. The molecule has 0 saturated carbocycles. The molecule has 1 amide bonds. The number of hydrogen-bond acceptors (Lipinski definition) is 1. The third-order valence-electron chi connectivity index (χ3n) is 2.61. The standard InChI is InChI=1S/C11H11ClFNO/c12-8-1-3-9(4-2-8)14-10(7-13)5-6-11(14)15/h1-4,10H,5-7H2/t10-/m0/s1. The molecule has 1 aliphatic heterocycles. The third kappa shape index (κ3) is 1.97. The van der Waals surface area contributed by atoms with Crippen molar-refractivity contribution < 1.29 is 9.18 Å². The lowest BCUT2D eigenvalue weighted by Crippen LogP contribution is -2.34. The van der Waals surface area contributed by atoms with E-state index in [0.29, 0.717) is 17.9 Å².